The lowest BCUT2D eigenvalue weighted by Gasteiger charge is -2.12. The smallest absolute Gasteiger partial charge is 0.327 e. The maximum Gasteiger partial charge on any atom is 0.327 e. The van der Waals surface area contributed by atoms with Crippen LogP contribution in [-0.4, -0.2) is 18.2 Å². The van der Waals surface area contributed by atoms with Crippen molar-refractivity contribution in [3.63, 3.8) is 0 Å². The number of carbonyl (C=O) groups is 1. The van der Waals surface area contributed by atoms with Crippen LogP contribution in [0.3, 0.4) is 0 Å². The molecule has 0 bridgehead atoms. The number of phenols is 1. The molecule has 0 radical (unpaired) electrons. The number of halogens is 2. The van der Waals surface area contributed by atoms with E-state index >= 15 is 0 Å². The lowest BCUT2D eigenvalue weighted by molar-refractivity contribution is -0.142. The van der Waals surface area contributed by atoms with E-state index in [9.17, 15) is 9.90 Å². The number of hydrogen-bond acceptors (Lipinski definition) is 4. The molecule has 0 saturated carbocycles. The SMILES string of the molecule is COC(=O)[C@@H](N)c1ccc(Cl)c(Cl)c1O. The molecule has 1 atom stereocenters. The van der Waals surface area contributed by atoms with Gasteiger partial charge >= 0.3 is 5.97 Å². The number of esters is 1. The van der Waals surface area contributed by atoms with E-state index in [2.05, 4.69) is 4.74 Å². The molecule has 1 rings (SSSR count). The van der Waals surface area contributed by atoms with E-state index < -0.39 is 12.0 Å². The Morgan fingerprint density at radius 1 is 1.53 bits per heavy atom. The van der Waals surface area contributed by atoms with Gasteiger partial charge in [-0.2, -0.15) is 0 Å². The molecule has 4 nitrogen and oxygen atoms in total. The van der Waals surface area contributed by atoms with Gasteiger partial charge in [0.05, 0.1) is 12.1 Å². The van der Waals surface area contributed by atoms with Crippen molar-refractivity contribution in [3.05, 3.63) is 27.7 Å². The van der Waals surface area contributed by atoms with Crippen LogP contribution in [0.5, 0.6) is 5.75 Å². The number of hydrogen-bond donors (Lipinski definition) is 2. The molecule has 0 spiro atoms. The zero-order valence-electron chi connectivity index (χ0n) is 7.83. The highest BCUT2D eigenvalue weighted by Gasteiger charge is 2.21. The molecule has 0 amide bonds. The number of methoxy groups -OCH3 is 1. The standard InChI is InChI=1S/C9H9Cl2NO3/c1-15-9(14)7(12)4-2-3-5(10)6(11)8(4)13/h2-3,7,13H,12H2,1H3/t7-/m0/s1. The summed E-state index contributed by atoms with van der Waals surface area (Å²) in [5.41, 5.74) is 5.71. The van der Waals surface area contributed by atoms with Gasteiger partial charge in [-0.25, -0.2) is 0 Å². The van der Waals surface area contributed by atoms with Crippen LogP contribution < -0.4 is 5.73 Å². The van der Waals surface area contributed by atoms with Crippen LogP contribution in [0.1, 0.15) is 11.6 Å². The Balaban J connectivity index is 3.16. The van der Waals surface area contributed by atoms with Gasteiger partial charge in [0, 0.05) is 5.56 Å². The van der Waals surface area contributed by atoms with E-state index in [-0.39, 0.29) is 21.4 Å². The highest BCUT2D eigenvalue weighted by molar-refractivity contribution is 6.43. The van der Waals surface area contributed by atoms with Crippen molar-refractivity contribution in [3.8, 4) is 5.75 Å². The molecule has 0 heterocycles. The topological polar surface area (TPSA) is 72.5 Å². The molecular formula is C9H9Cl2NO3. The fraction of sp³-hybridized carbons (Fsp3) is 0.222. The van der Waals surface area contributed by atoms with E-state index in [0.717, 1.165) is 0 Å². The van der Waals surface area contributed by atoms with Gasteiger partial charge in [0.25, 0.3) is 0 Å². The summed E-state index contributed by atoms with van der Waals surface area (Å²) < 4.78 is 4.44. The van der Waals surface area contributed by atoms with Crippen molar-refractivity contribution in [2.24, 2.45) is 5.73 Å². The Morgan fingerprint density at radius 2 is 2.13 bits per heavy atom. The highest BCUT2D eigenvalue weighted by Crippen LogP contribution is 2.36. The van der Waals surface area contributed by atoms with Crippen LogP contribution in [-0.2, 0) is 9.53 Å². The molecule has 0 aliphatic rings. The molecule has 1 aromatic carbocycles. The summed E-state index contributed by atoms with van der Waals surface area (Å²) in [5, 5.41) is 9.75. The fourth-order valence-electron chi connectivity index (χ4n) is 1.06. The third kappa shape index (κ3) is 2.34. The molecule has 0 saturated heterocycles. The van der Waals surface area contributed by atoms with Gasteiger partial charge in [0.2, 0.25) is 0 Å². The summed E-state index contributed by atoms with van der Waals surface area (Å²) in [5.74, 6) is -0.967. The van der Waals surface area contributed by atoms with E-state index in [1.54, 1.807) is 0 Å². The average molecular weight is 250 g/mol. The predicted molar refractivity (Wildman–Crippen MR) is 57.1 cm³/mol. The van der Waals surface area contributed by atoms with Crippen LogP contribution >= 0.6 is 23.2 Å². The Labute approximate surface area is 96.5 Å². The Morgan fingerprint density at radius 3 is 2.67 bits per heavy atom. The molecule has 1 aromatic rings. The van der Waals surface area contributed by atoms with Gasteiger partial charge < -0.3 is 15.6 Å². The molecule has 6 heteroatoms. The lowest BCUT2D eigenvalue weighted by atomic mass is 10.1. The quantitative estimate of drug-likeness (QED) is 0.786. The van der Waals surface area contributed by atoms with Gasteiger partial charge in [-0.3, -0.25) is 4.79 Å². The van der Waals surface area contributed by atoms with E-state index in [1.165, 1.54) is 19.2 Å². The van der Waals surface area contributed by atoms with Gasteiger partial charge in [-0.15, -0.1) is 0 Å². The summed E-state index contributed by atoms with van der Waals surface area (Å²) in [7, 11) is 1.21. The summed E-state index contributed by atoms with van der Waals surface area (Å²) in [6, 6.07) is 1.79. The second-order valence-corrected chi connectivity index (χ2v) is 3.59. The first kappa shape index (κ1) is 12.1. The van der Waals surface area contributed by atoms with Crippen molar-refractivity contribution < 1.29 is 14.6 Å². The van der Waals surface area contributed by atoms with Crippen LogP contribution in [0.4, 0.5) is 0 Å². The summed E-state index contributed by atoms with van der Waals surface area (Å²) in [6.07, 6.45) is 0. The van der Waals surface area contributed by atoms with Crippen molar-refractivity contribution >= 4 is 29.2 Å². The molecule has 0 aliphatic heterocycles. The van der Waals surface area contributed by atoms with Gasteiger partial charge in [0.15, 0.2) is 0 Å². The molecule has 82 valence electrons. The maximum absolute atomic E-state index is 11.1. The summed E-state index contributed by atoms with van der Waals surface area (Å²) in [6.45, 7) is 0. The number of nitrogens with two attached hydrogens (primary N) is 1. The molecule has 3 N–H and O–H groups in total. The first-order valence-electron chi connectivity index (χ1n) is 3.99. The minimum Gasteiger partial charge on any atom is -0.506 e. The monoisotopic (exact) mass is 249 g/mol. The normalized spacial score (nSPS) is 12.3. The second kappa shape index (κ2) is 4.70. The predicted octanol–water partition coefficient (Wildman–Crippen LogP) is 1.87. The first-order valence-corrected chi connectivity index (χ1v) is 4.75. The minimum atomic E-state index is -1.08. The molecule has 0 aliphatic carbocycles. The van der Waals surface area contributed by atoms with E-state index in [4.69, 9.17) is 28.9 Å². The van der Waals surface area contributed by atoms with Gasteiger partial charge in [0.1, 0.15) is 16.8 Å². The van der Waals surface area contributed by atoms with Gasteiger partial charge in [-0.1, -0.05) is 29.3 Å². The summed E-state index contributed by atoms with van der Waals surface area (Å²) in [4.78, 5) is 11.1. The molecule has 0 unspecified atom stereocenters. The van der Waals surface area contributed by atoms with E-state index in [1.807, 2.05) is 0 Å². The lowest BCUT2D eigenvalue weighted by Crippen LogP contribution is -2.22. The third-order valence-electron chi connectivity index (χ3n) is 1.89. The molecule has 15 heavy (non-hydrogen) atoms. The number of carbonyl (C=O) groups excluding carboxylic acids is 1. The minimum absolute atomic E-state index is 0.0338. The van der Waals surface area contributed by atoms with Crippen molar-refractivity contribution in [2.45, 2.75) is 6.04 Å². The summed E-state index contributed by atoms with van der Waals surface area (Å²) >= 11 is 11.3. The number of benzene rings is 1. The van der Waals surface area contributed by atoms with Crippen molar-refractivity contribution in [1.29, 1.82) is 0 Å². The Hall–Kier alpha value is -0.970. The number of ether oxygens (including phenoxy) is 1. The van der Waals surface area contributed by atoms with Gasteiger partial charge in [-0.05, 0) is 6.07 Å². The van der Waals surface area contributed by atoms with Crippen molar-refractivity contribution in [1.82, 2.24) is 0 Å². The zero-order valence-corrected chi connectivity index (χ0v) is 9.34. The fourth-order valence-corrected chi connectivity index (χ4v) is 1.38. The molecular weight excluding hydrogens is 241 g/mol. The maximum atomic E-state index is 11.1. The first-order chi connectivity index (χ1) is 6.99. The Kier molecular flexibility index (Phi) is 3.79. The molecule has 0 aromatic heterocycles. The largest absolute Gasteiger partial charge is 0.506 e. The van der Waals surface area contributed by atoms with Crippen LogP contribution in [0.2, 0.25) is 10.0 Å². The third-order valence-corrected chi connectivity index (χ3v) is 2.68. The number of phenolic OH excluding ortho intramolecular Hbond substituents is 1. The van der Waals surface area contributed by atoms with Crippen molar-refractivity contribution in [2.75, 3.05) is 7.11 Å². The Bertz CT molecular complexity index is 395. The second-order valence-electron chi connectivity index (χ2n) is 2.80. The van der Waals surface area contributed by atoms with Crippen LogP contribution in [0.25, 0.3) is 0 Å². The number of aromatic hydroxyl groups is 1. The average Bonchev–Trinajstić information content (AvgIpc) is 2.24. The number of rotatable bonds is 2. The highest BCUT2D eigenvalue weighted by atomic mass is 35.5. The van der Waals surface area contributed by atoms with E-state index in [0.29, 0.717) is 0 Å². The van der Waals surface area contributed by atoms with Crippen LogP contribution in [0.15, 0.2) is 12.1 Å². The zero-order chi connectivity index (χ0) is 11.6. The molecule has 0 fully saturated rings. The van der Waals surface area contributed by atoms with Crippen LogP contribution in [0, 0.1) is 0 Å².